The van der Waals surface area contributed by atoms with Crippen molar-refractivity contribution in [1.29, 1.82) is 0 Å². The largest absolute Gasteiger partial charge is 0.389 e. The van der Waals surface area contributed by atoms with Crippen molar-refractivity contribution < 1.29 is 5.11 Å². The summed E-state index contributed by atoms with van der Waals surface area (Å²) in [6.45, 7) is 3.80. The molecule has 1 aliphatic rings. The van der Waals surface area contributed by atoms with Gasteiger partial charge < -0.3 is 10.4 Å². The summed E-state index contributed by atoms with van der Waals surface area (Å²) in [5.41, 5.74) is 3.78. The number of benzene rings is 1. The van der Waals surface area contributed by atoms with Gasteiger partial charge in [0.25, 0.3) is 0 Å². The molecule has 70 valence electrons. The fourth-order valence-corrected chi connectivity index (χ4v) is 1.95. The Balaban J connectivity index is 2.46. The van der Waals surface area contributed by atoms with Crippen LogP contribution in [0.25, 0.3) is 0 Å². The second kappa shape index (κ2) is 3.48. The quantitative estimate of drug-likeness (QED) is 0.679. The lowest BCUT2D eigenvalue weighted by atomic mass is 9.93. The van der Waals surface area contributed by atoms with E-state index in [0.717, 1.165) is 25.1 Å². The summed E-state index contributed by atoms with van der Waals surface area (Å²) in [7, 11) is 0. The number of nitrogens with one attached hydrogen (secondary N) is 1. The minimum atomic E-state index is -0.340. The van der Waals surface area contributed by atoms with Crippen LogP contribution in [0, 0.1) is 0 Å². The van der Waals surface area contributed by atoms with Gasteiger partial charge in [0.15, 0.2) is 0 Å². The van der Waals surface area contributed by atoms with E-state index in [0.29, 0.717) is 0 Å². The van der Waals surface area contributed by atoms with E-state index in [2.05, 4.69) is 11.4 Å². The molecule has 0 aromatic heterocycles. The van der Waals surface area contributed by atoms with E-state index in [-0.39, 0.29) is 6.10 Å². The summed E-state index contributed by atoms with van der Waals surface area (Å²) in [4.78, 5) is 0. The molecule has 0 radical (unpaired) electrons. The van der Waals surface area contributed by atoms with Crippen molar-refractivity contribution in [3.05, 3.63) is 34.9 Å². The third-order valence-electron chi connectivity index (χ3n) is 2.63. The van der Waals surface area contributed by atoms with E-state index >= 15 is 0 Å². The van der Waals surface area contributed by atoms with Crippen LogP contribution in [0.4, 0.5) is 0 Å². The van der Waals surface area contributed by atoms with Crippen LogP contribution in [0.15, 0.2) is 18.2 Å². The van der Waals surface area contributed by atoms with Gasteiger partial charge in [0.05, 0.1) is 6.10 Å². The van der Waals surface area contributed by atoms with E-state index in [1.807, 2.05) is 19.1 Å². The lowest BCUT2D eigenvalue weighted by Crippen LogP contribution is -2.24. The van der Waals surface area contributed by atoms with E-state index in [9.17, 15) is 5.11 Å². The summed E-state index contributed by atoms with van der Waals surface area (Å²) in [5.74, 6) is 0. The number of fused-ring (bicyclic) bond motifs is 1. The average Bonchev–Trinajstić information content (AvgIpc) is 2.17. The van der Waals surface area contributed by atoms with Gasteiger partial charge in [0.1, 0.15) is 0 Å². The molecular weight excluding hydrogens is 162 g/mol. The predicted molar refractivity (Wildman–Crippen MR) is 52.5 cm³/mol. The molecule has 0 spiro atoms. The molecule has 2 nitrogen and oxygen atoms in total. The Morgan fingerprint density at radius 2 is 2.31 bits per heavy atom. The van der Waals surface area contributed by atoms with Gasteiger partial charge >= 0.3 is 0 Å². The SMILES string of the molecule is CC(O)c1cccc2c1CCNC2. The summed E-state index contributed by atoms with van der Waals surface area (Å²) in [6, 6.07) is 6.18. The van der Waals surface area contributed by atoms with Crippen molar-refractivity contribution in [3.8, 4) is 0 Å². The van der Waals surface area contributed by atoms with Crippen molar-refractivity contribution in [2.75, 3.05) is 6.54 Å². The maximum Gasteiger partial charge on any atom is 0.0764 e. The van der Waals surface area contributed by atoms with Gasteiger partial charge in [-0.25, -0.2) is 0 Å². The van der Waals surface area contributed by atoms with E-state index in [4.69, 9.17) is 0 Å². The first-order chi connectivity index (χ1) is 6.29. The molecule has 2 heteroatoms. The molecule has 1 unspecified atom stereocenters. The van der Waals surface area contributed by atoms with Gasteiger partial charge in [-0.15, -0.1) is 0 Å². The molecule has 1 aliphatic heterocycles. The van der Waals surface area contributed by atoms with Crippen LogP contribution in [-0.2, 0) is 13.0 Å². The monoisotopic (exact) mass is 177 g/mol. The molecule has 0 saturated carbocycles. The molecule has 13 heavy (non-hydrogen) atoms. The first-order valence-electron chi connectivity index (χ1n) is 4.78. The zero-order valence-corrected chi connectivity index (χ0v) is 7.88. The predicted octanol–water partition coefficient (Wildman–Crippen LogP) is 1.39. The molecule has 0 aliphatic carbocycles. The third-order valence-corrected chi connectivity index (χ3v) is 2.63. The van der Waals surface area contributed by atoms with Crippen molar-refractivity contribution >= 4 is 0 Å². The highest BCUT2D eigenvalue weighted by Gasteiger charge is 2.14. The number of aliphatic hydroxyl groups excluding tert-OH is 1. The smallest absolute Gasteiger partial charge is 0.0764 e. The van der Waals surface area contributed by atoms with Crippen molar-refractivity contribution in [3.63, 3.8) is 0 Å². The topological polar surface area (TPSA) is 32.3 Å². The van der Waals surface area contributed by atoms with Crippen molar-refractivity contribution in [2.45, 2.75) is 26.0 Å². The molecule has 0 bridgehead atoms. The molecule has 1 aromatic carbocycles. The average molecular weight is 177 g/mol. The summed E-state index contributed by atoms with van der Waals surface area (Å²) >= 11 is 0. The van der Waals surface area contributed by atoms with Gasteiger partial charge in [-0.05, 0) is 36.6 Å². The molecule has 1 heterocycles. The lowest BCUT2D eigenvalue weighted by molar-refractivity contribution is 0.198. The fourth-order valence-electron chi connectivity index (χ4n) is 1.95. The Labute approximate surface area is 78.6 Å². The van der Waals surface area contributed by atoms with Gasteiger partial charge in [-0.1, -0.05) is 18.2 Å². The van der Waals surface area contributed by atoms with Crippen molar-refractivity contribution in [2.24, 2.45) is 0 Å². The van der Waals surface area contributed by atoms with Crippen LogP contribution < -0.4 is 5.32 Å². The van der Waals surface area contributed by atoms with Gasteiger partial charge in [-0.2, -0.15) is 0 Å². The van der Waals surface area contributed by atoms with Crippen LogP contribution in [0.2, 0.25) is 0 Å². The van der Waals surface area contributed by atoms with Gasteiger partial charge in [-0.3, -0.25) is 0 Å². The highest BCUT2D eigenvalue weighted by molar-refractivity contribution is 5.37. The van der Waals surface area contributed by atoms with Gasteiger partial charge in [0.2, 0.25) is 0 Å². The summed E-state index contributed by atoms with van der Waals surface area (Å²) in [5, 5.41) is 12.9. The molecule has 0 saturated heterocycles. The minimum absolute atomic E-state index is 0.340. The maximum atomic E-state index is 9.56. The first kappa shape index (κ1) is 8.73. The van der Waals surface area contributed by atoms with Gasteiger partial charge in [0, 0.05) is 6.54 Å². The number of rotatable bonds is 1. The van der Waals surface area contributed by atoms with Crippen LogP contribution in [0.5, 0.6) is 0 Å². The fraction of sp³-hybridized carbons (Fsp3) is 0.455. The second-order valence-corrected chi connectivity index (χ2v) is 3.59. The number of aliphatic hydroxyl groups is 1. The Bertz CT molecular complexity index is 307. The second-order valence-electron chi connectivity index (χ2n) is 3.59. The normalized spacial score (nSPS) is 18.0. The Kier molecular flexibility index (Phi) is 2.34. The highest BCUT2D eigenvalue weighted by Crippen LogP contribution is 2.23. The lowest BCUT2D eigenvalue weighted by Gasteiger charge is -2.21. The van der Waals surface area contributed by atoms with E-state index in [1.165, 1.54) is 11.1 Å². The summed E-state index contributed by atoms with van der Waals surface area (Å²) in [6.07, 6.45) is 0.698. The molecule has 0 amide bonds. The van der Waals surface area contributed by atoms with E-state index in [1.54, 1.807) is 0 Å². The molecule has 2 N–H and O–H groups in total. The molecule has 2 rings (SSSR count). The van der Waals surface area contributed by atoms with Crippen LogP contribution in [0.1, 0.15) is 29.7 Å². The highest BCUT2D eigenvalue weighted by atomic mass is 16.3. The molecule has 1 atom stereocenters. The maximum absolute atomic E-state index is 9.56. The Morgan fingerprint density at radius 3 is 3.08 bits per heavy atom. The Morgan fingerprint density at radius 1 is 1.46 bits per heavy atom. The third kappa shape index (κ3) is 1.60. The summed E-state index contributed by atoms with van der Waals surface area (Å²) < 4.78 is 0. The van der Waals surface area contributed by atoms with Crippen LogP contribution >= 0.6 is 0 Å². The minimum Gasteiger partial charge on any atom is -0.389 e. The Hall–Kier alpha value is -0.860. The standard InChI is InChI=1S/C11H15NO/c1-8(13)10-4-2-3-9-7-12-6-5-11(9)10/h2-4,8,12-13H,5-7H2,1H3. The van der Waals surface area contributed by atoms with Crippen molar-refractivity contribution in [1.82, 2.24) is 5.32 Å². The molecule has 1 aromatic rings. The van der Waals surface area contributed by atoms with Crippen LogP contribution in [0.3, 0.4) is 0 Å². The molecule has 0 fully saturated rings. The van der Waals surface area contributed by atoms with Crippen LogP contribution in [-0.4, -0.2) is 11.7 Å². The van der Waals surface area contributed by atoms with E-state index < -0.39 is 0 Å². The molecular formula is C11H15NO. The first-order valence-corrected chi connectivity index (χ1v) is 4.78. The number of hydrogen-bond donors (Lipinski definition) is 2. The zero-order valence-electron chi connectivity index (χ0n) is 7.88. The number of hydrogen-bond acceptors (Lipinski definition) is 2. The zero-order chi connectivity index (χ0) is 9.26.